The number of para-hydroxylation sites is 2. The second-order valence-electron chi connectivity index (χ2n) is 4.86. The molecule has 1 amide bonds. The number of benzene rings is 1. The maximum absolute atomic E-state index is 12.0. The molecule has 1 aromatic rings. The molecule has 1 saturated heterocycles. The lowest BCUT2D eigenvalue weighted by Crippen LogP contribution is -2.34. The average Bonchev–Trinajstić information content (AvgIpc) is 2.94. The summed E-state index contributed by atoms with van der Waals surface area (Å²) < 4.78 is 0. The highest BCUT2D eigenvalue weighted by Crippen LogP contribution is 2.23. The lowest BCUT2D eigenvalue weighted by atomic mass is 10.1. The van der Waals surface area contributed by atoms with Crippen LogP contribution in [0.5, 0.6) is 0 Å². The number of nitro groups is 1. The molecule has 0 aliphatic carbocycles. The third-order valence-corrected chi connectivity index (χ3v) is 3.50. The van der Waals surface area contributed by atoms with E-state index in [0.29, 0.717) is 31.2 Å². The second-order valence-corrected chi connectivity index (χ2v) is 4.86. The first-order valence-corrected chi connectivity index (χ1v) is 6.57. The average molecular weight is 278 g/mol. The van der Waals surface area contributed by atoms with Gasteiger partial charge < -0.3 is 16.0 Å². The minimum atomic E-state index is -0.465. The number of nitrogens with two attached hydrogens (primary N) is 1. The van der Waals surface area contributed by atoms with Gasteiger partial charge in [0.15, 0.2) is 0 Å². The van der Waals surface area contributed by atoms with E-state index in [1.54, 1.807) is 23.1 Å². The Hall–Kier alpha value is -2.15. The number of carbonyl (C=O) groups is 1. The molecule has 1 aromatic carbocycles. The number of nitrogens with one attached hydrogen (secondary N) is 1. The van der Waals surface area contributed by atoms with Crippen molar-refractivity contribution in [2.24, 2.45) is 11.7 Å². The van der Waals surface area contributed by atoms with E-state index in [9.17, 15) is 14.9 Å². The van der Waals surface area contributed by atoms with Gasteiger partial charge in [-0.2, -0.15) is 0 Å². The maximum atomic E-state index is 12.0. The molecule has 1 heterocycles. The molecule has 0 spiro atoms. The van der Waals surface area contributed by atoms with Crippen molar-refractivity contribution in [3.63, 3.8) is 0 Å². The molecule has 7 heteroatoms. The van der Waals surface area contributed by atoms with Gasteiger partial charge in [-0.05, 0) is 24.9 Å². The fraction of sp³-hybridized carbons (Fsp3) is 0.462. The van der Waals surface area contributed by atoms with Gasteiger partial charge in [0.25, 0.3) is 5.69 Å². The van der Waals surface area contributed by atoms with Crippen molar-refractivity contribution in [3.05, 3.63) is 34.4 Å². The molecule has 1 aliphatic heterocycles. The van der Waals surface area contributed by atoms with Gasteiger partial charge in [0.1, 0.15) is 5.69 Å². The maximum Gasteiger partial charge on any atom is 0.292 e. The van der Waals surface area contributed by atoms with Gasteiger partial charge in [-0.25, -0.2) is 0 Å². The molecule has 20 heavy (non-hydrogen) atoms. The predicted octanol–water partition coefficient (Wildman–Crippen LogP) is 0.814. The SMILES string of the molecule is NCC1CCN(C(=O)CNc2ccccc2[N+](=O)[O-])C1. The molecule has 1 atom stereocenters. The summed E-state index contributed by atoms with van der Waals surface area (Å²) in [5.74, 6) is 0.309. The van der Waals surface area contributed by atoms with E-state index in [4.69, 9.17) is 5.73 Å². The largest absolute Gasteiger partial charge is 0.371 e. The van der Waals surface area contributed by atoms with E-state index in [0.717, 1.165) is 6.42 Å². The molecule has 1 fully saturated rings. The van der Waals surface area contributed by atoms with E-state index < -0.39 is 4.92 Å². The van der Waals surface area contributed by atoms with Crippen LogP contribution < -0.4 is 11.1 Å². The number of nitro benzene ring substituents is 1. The molecular weight excluding hydrogens is 260 g/mol. The summed E-state index contributed by atoms with van der Waals surface area (Å²) in [6.45, 7) is 2.02. The Morgan fingerprint density at radius 3 is 2.90 bits per heavy atom. The van der Waals surface area contributed by atoms with Crippen molar-refractivity contribution in [2.75, 3.05) is 31.5 Å². The van der Waals surface area contributed by atoms with Gasteiger partial charge >= 0.3 is 0 Å². The van der Waals surface area contributed by atoms with Crippen LogP contribution in [0.3, 0.4) is 0 Å². The third kappa shape index (κ3) is 3.24. The number of hydrogen-bond donors (Lipinski definition) is 2. The van der Waals surface area contributed by atoms with Gasteiger partial charge in [0.05, 0.1) is 11.5 Å². The van der Waals surface area contributed by atoms with Gasteiger partial charge in [-0.1, -0.05) is 12.1 Å². The first-order chi connectivity index (χ1) is 9.61. The monoisotopic (exact) mass is 278 g/mol. The molecule has 0 radical (unpaired) electrons. The van der Waals surface area contributed by atoms with Crippen LogP contribution in [0.4, 0.5) is 11.4 Å². The highest BCUT2D eigenvalue weighted by atomic mass is 16.6. The van der Waals surface area contributed by atoms with Crippen LogP contribution in [0.2, 0.25) is 0 Å². The summed E-state index contributed by atoms with van der Waals surface area (Å²) in [7, 11) is 0. The fourth-order valence-electron chi connectivity index (χ4n) is 2.32. The van der Waals surface area contributed by atoms with E-state index in [1.807, 2.05) is 0 Å². The molecule has 108 valence electrons. The molecule has 2 rings (SSSR count). The predicted molar refractivity (Wildman–Crippen MR) is 75.3 cm³/mol. The van der Waals surface area contributed by atoms with Crippen LogP contribution in [-0.4, -0.2) is 41.9 Å². The Balaban J connectivity index is 1.92. The standard InChI is InChI=1S/C13H18N4O3/c14-7-10-5-6-16(9-10)13(18)8-15-11-3-1-2-4-12(11)17(19)20/h1-4,10,15H,5-9,14H2. The van der Waals surface area contributed by atoms with Crippen LogP contribution in [0.1, 0.15) is 6.42 Å². The van der Waals surface area contributed by atoms with Crippen LogP contribution in [0.25, 0.3) is 0 Å². The lowest BCUT2D eigenvalue weighted by molar-refractivity contribution is -0.383. The van der Waals surface area contributed by atoms with Crippen LogP contribution in [0.15, 0.2) is 24.3 Å². The molecule has 0 aromatic heterocycles. The van der Waals surface area contributed by atoms with Crippen molar-refractivity contribution in [2.45, 2.75) is 6.42 Å². The van der Waals surface area contributed by atoms with E-state index in [-0.39, 0.29) is 18.1 Å². The van der Waals surface area contributed by atoms with Crippen LogP contribution in [-0.2, 0) is 4.79 Å². The minimum absolute atomic E-state index is 0.0263. The number of hydrogen-bond acceptors (Lipinski definition) is 5. The van der Waals surface area contributed by atoms with Crippen molar-refractivity contribution >= 4 is 17.3 Å². The molecule has 1 unspecified atom stereocenters. The minimum Gasteiger partial charge on any atom is -0.371 e. The molecule has 1 aliphatic rings. The second kappa shape index (κ2) is 6.33. The summed E-state index contributed by atoms with van der Waals surface area (Å²) in [5, 5.41) is 13.7. The molecule has 7 nitrogen and oxygen atoms in total. The quantitative estimate of drug-likeness (QED) is 0.613. The van der Waals surface area contributed by atoms with Gasteiger partial charge in [0.2, 0.25) is 5.91 Å². The van der Waals surface area contributed by atoms with Crippen molar-refractivity contribution in [3.8, 4) is 0 Å². The van der Waals surface area contributed by atoms with Crippen LogP contribution >= 0.6 is 0 Å². The van der Waals surface area contributed by atoms with Crippen LogP contribution in [0, 0.1) is 16.0 Å². The lowest BCUT2D eigenvalue weighted by Gasteiger charge is -2.17. The molecular formula is C13H18N4O3. The smallest absolute Gasteiger partial charge is 0.292 e. The summed E-state index contributed by atoms with van der Waals surface area (Å²) >= 11 is 0. The van der Waals surface area contributed by atoms with E-state index in [1.165, 1.54) is 6.07 Å². The Labute approximate surface area is 116 Å². The number of rotatable bonds is 5. The first kappa shape index (κ1) is 14.3. The number of nitrogens with zero attached hydrogens (tertiary/aromatic N) is 2. The molecule has 0 bridgehead atoms. The Kier molecular flexibility index (Phi) is 4.52. The molecule has 3 N–H and O–H groups in total. The number of likely N-dealkylation sites (tertiary alicyclic amines) is 1. The van der Waals surface area contributed by atoms with E-state index in [2.05, 4.69) is 5.32 Å². The fourth-order valence-corrected chi connectivity index (χ4v) is 2.32. The highest BCUT2D eigenvalue weighted by Gasteiger charge is 2.25. The topological polar surface area (TPSA) is 102 Å². The number of carbonyl (C=O) groups excluding carboxylic acids is 1. The number of anilines is 1. The highest BCUT2D eigenvalue weighted by molar-refractivity contribution is 5.82. The zero-order chi connectivity index (χ0) is 14.5. The zero-order valence-corrected chi connectivity index (χ0v) is 11.1. The van der Waals surface area contributed by atoms with Crippen molar-refractivity contribution in [1.82, 2.24) is 4.90 Å². The Bertz CT molecular complexity index is 506. The Morgan fingerprint density at radius 2 is 2.25 bits per heavy atom. The van der Waals surface area contributed by atoms with Gasteiger partial charge in [-0.15, -0.1) is 0 Å². The first-order valence-electron chi connectivity index (χ1n) is 6.57. The summed E-state index contributed by atoms with van der Waals surface area (Å²) in [6, 6.07) is 6.29. The summed E-state index contributed by atoms with van der Waals surface area (Å²) in [5.41, 5.74) is 5.92. The summed E-state index contributed by atoms with van der Waals surface area (Å²) in [6.07, 6.45) is 0.924. The molecule has 0 saturated carbocycles. The van der Waals surface area contributed by atoms with E-state index >= 15 is 0 Å². The number of amides is 1. The third-order valence-electron chi connectivity index (χ3n) is 3.50. The van der Waals surface area contributed by atoms with Crippen molar-refractivity contribution in [1.29, 1.82) is 0 Å². The Morgan fingerprint density at radius 1 is 1.50 bits per heavy atom. The van der Waals surface area contributed by atoms with Crippen molar-refractivity contribution < 1.29 is 9.72 Å². The normalized spacial score (nSPS) is 18.1. The summed E-state index contributed by atoms with van der Waals surface area (Å²) in [4.78, 5) is 24.2. The van der Waals surface area contributed by atoms with Gasteiger partial charge in [-0.3, -0.25) is 14.9 Å². The van der Waals surface area contributed by atoms with Gasteiger partial charge in [0, 0.05) is 19.2 Å². The zero-order valence-electron chi connectivity index (χ0n) is 11.1.